The van der Waals surface area contributed by atoms with Crippen LogP contribution in [-0.2, 0) is 6.61 Å². The van der Waals surface area contributed by atoms with Gasteiger partial charge in [-0.3, -0.25) is 4.40 Å². The number of aryl methyl sites for hydroxylation is 1. The van der Waals surface area contributed by atoms with Crippen molar-refractivity contribution in [2.75, 3.05) is 5.73 Å². The molecule has 0 unspecified atom stereocenters. The van der Waals surface area contributed by atoms with Gasteiger partial charge >= 0.3 is 0 Å². The van der Waals surface area contributed by atoms with E-state index in [4.69, 9.17) is 17.3 Å². The van der Waals surface area contributed by atoms with Crippen molar-refractivity contribution in [1.82, 2.24) is 9.38 Å². The van der Waals surface area contributed by atoms with E-state index in [1.807, 2.05) is 43.5 Å². The summed E-state index contributed by atoms with van der Waals surface area (Å²) in [7, 11) is 0. The summed E-state index contributed by atoms with van der Waals surface area (Å²) in [5.74, 6) is 0.565. The molecule has 3 aromatic rings. The van der Waals surface area contributed by atoms with Crippen molar-refractivity contribution >= 4 is 23.1 Å². The minimum Gasteiger partial charge on any atom is -0.392 e. The molecule has 0 atom stereocenters. The Balaban J connectivity index is 2.26. The number of nitrogen functional groups attached to an aromatic ring is 1. The Bertz CT molecular complexity index is 795. The molecule has 2 aromatic heterocycles. The number of rotatable bonds is 2. The molecule has 3 N–H and O–H groups in total. The van der Waals surface area contributed by atoms with Gasteiger partial charge in [0, 0.05) is 16.8 Å². The SMILES string of the molecule is Cc1ccc(Cl)cc1-c1nc2cc(CO)ccn2c1N. The van der Waals surface area contributed by atoms with Crippen LogP contribution in [0.3, 0.4) is 0 Å². The van der Waals surface area contributed by atoms with E-state index in [-0.39, 0.29) is 6.61 Å². The van der Waals surface area contributed by atoms with Crippen LogP contribution >= 0.6 is 11.6 Å². The van der Waals surface area contributed by atoms with Crippen LogP contribution in [0.1, 0.15) is 11.1 Å². The van der Waals surface area contributed by atoms with E-state index >= 15 is 0 Å². The molecule has 0 saturated heterocycles. The van der Waals surface area contributed by atoms with Crippen LogP contribution in [0.4, 0.5) is 5.82 Å². The Kier molecular flexibility index (Phi) is 3.12. The topological polar surface area (TPSA) is 63.5 Å². The maximum atomic E-state index is 9.18. The number of hydrogen-bond acceptors (Lipinski definition) is 3. The molecule has 0 aliphatic rings. The van der Waals surface area contributed by atoms with Gasteiger partial charge in [0.05, 0.1) is 6.61 Å². The van der Waals surface area contributed by atoms with Crippen molar-refractivity contribution in [3.63, 3.8) is 0 Å². The molecule has 0 spiro atoms. The number of anilines is 1. The Hall–Kier alpha value is -2.04. The molecule has 20 heavy (non-hydrogen) atoms. The number of nitrogens with two attached hydrogens (primary N) is 1. The van der Waals surface area contributed by atoms with Crippen molar-refractivity contribution in [2.24, 2.45) is 0 Å². The fourth-order valence-corrected chi connectivity index (χ4v) is 2.42. The third kappa shape index (κ3) is 2.03. The highest BCUT2D eigenvalue weighted by Gasteiger charge is 2.13. The summed E-state index contributed by atoms with van der Waals surface area (Å²) in [4.78, 5) is 4.56. The molecule has 0 radical (unpaired) electrons. The fourth-order valence-electron chi connectivity index (χ4n) is 2.25. The van der Waals surface area contributed by atoms with Crippen LogP contribution in [-0.4, -0.2) is 14.5 Å². The quantitative estimate of drug-likeness (QED) is 0.761. The highest BCUT2D eigenvalue weighted by Crippen LogP contribution is 2.31. The van der Waals surface area contributed by atoms with Gasteiger partial charge in [-0.2, -0.15) is 0 Å². The molecule has 1 aromatic carbocycles. The van der Waals surface area contributed by atoms with E-state index in [0.29, 0.717) is 22.2 Å². The summed E-state index contributed by atoms with van der Waals surface area (Å²) in [6.07, 6.45) is 1.81. The molecule has 2 heterocycles. The summed E-state index contributed by atoms with van der Waals surface area (Å²) in [6.45, 7) is 1.98. The van der Waals surface area contributed by atoms with E-state index in [2.05, 4.69) is 4.98 Å². The second-order valence-corrected chi connectivity index (χ2v) is 5.16. The van der Waals surface area contributed by atoms with Crippen molar-refractivity contribution in [3.8, 4) is 11.3 Å². The second-order valence-electron chi connectivity index (χ2n) is 4.73. The van der Waals surface area contributed by atoms with Gasteiger partial charge in [-0.05, 0) is 42.3 Å². The summed E-state index contributed by atoms with van der Waals surface area (Å²) in [5, 5.41) is 9.84. The van der Waals surface area contributed by atoms with Crippen molar-refractivity contribution in [2.45, 2.75) is 13.5 Å². The summed E-state index contributed by atoms with van der Waals surface area (Å²) >= 11 is 6.06. The fraction of sp³-hybridized carbons (Fsp3) is 0.133. The van der Waals surface area contributed by atoms with Crippen LogP contribution in [0.5, 0.6) is 0 Å². The molecular weight excluding hydrogens is 274 g/mol. The summed E-state index contributed by atoms with van der Waals surface area (Å²) in [6, 6.07) is 9.29. The lowest BCUT2D eigenvalue weighted by Gasteiger charge is -2.04. The highest BCUT2D eigenvalue weighted by molar-refractivity contribution is 6.30. The Labute approximate surface area is 121 Å². The number of imidazole rings is 1. The number of pyridine rings is 1. The maximum Gasteiger partial charge on any atom is 0.139 e. The van der Waals surface area contributed by atoms with Crippen LogP contribution in [0.25, 0.3) is 16.9 Å². The number of aliphatic hydroxyl groups excluding tert-OH is 1. The first-order chi connectivity index (χ1) is 9.60. The number of aliphatic hydroxyl groups is 1. The van der Waals surface area contributed by atoms with E-state index in [0.717, 1.165) is 16.7 Å². The van der Waals surface area contributed by atoms with Gasteiger partial charge in [-0.1, -0.05) is 17.7 Å². The molecular formula is C15H14ClN3O. The van der Waals surface area contributed by atoms with Crippen LogP contribution in [0.2, 0.25) is 5.02 Å². The third-order valence-electron chi connectivity index (χ3n) is 3.36. The monoisotopic (exact) mass is 287 g/mol. The zero-order valence-electron chi connectivity index (χ0n) is 11.0. The molecule has 0 aliphatic carbocycles. The molecule has 5 heteroatoms. The lowest BCUT2D eigenvalue weighted by molar-refractivity contribution is 0.282. The van der Waals surface area contributed by atoms with E-state index in [1.54, 1.807) is 4.40 Å². The smallest absolute Gasteiger partial charge is 0.139 e. The lowest BCUT2D eigenvalue weighted by Crippen LogP contribution is -1.95. The molecule has 102 valence electrons. The predicted molar refractivity (Wildman–Crippen MR) is 80.7 cm³/mol. The predicted octanol–water partition coefficient (Wildman–Crippen LogP) is 3.04. The van der Waals surface area contributed by atoms with Gasteiger partial charge in [-0.15, -0.1) is 0 Å². The first-order valence-corrected chi connectivity index (χ1v) is 6.62. The Morgan fingerprint density at radius 3 is 2.85 bits per heavy atom. The second kappa shape index (κ2) is 4.81. The molecule has 0 saturated carbocycles. The Morgan fingerprint density at radius 1 is 1.30 bits per heavy atom. The number of fused-ring (bicyclic) bond motifs is 1. The minimum atomic E-state index is -0.0191. The normalized spacial score (nSPS) is 11.2. The molecule has 4 nitrogen and oxygen atoms in total. The number of hydrogen-bond donors (Lipinski definition) is 2. The van der Waals surface area contributed by atoms with Gasteiger partial charge in [0.1, 0.15) is 17.2 Å². The van der Waals surface area contributed by atoms with E-state index in [1.165, 1.54) is 0 Å². The van der Waals surface area contributed by atoms with Crippen molar-refractivity contribution in [3.05, 3.63) is 52.7 Å². The number of nitrogens with zero attached hydrogens (tertiary/aromatic N) is 2. The zero-order valence-corrected chi connectivity index (χ0v) is 11.7. The van der Waals surface area contributed by atoms with Crippen molar-refractivity contribution < 1.29 is 5.11 Å². The lowest BCUT2D eigenvalue weighted by atomic mass is 10.1. The summed E-state index contributed by atoms with van der Waals surface area (Å²) < 4.78 is 1.80. The van der Waals surface area contributed by atoms with E-state index < -0.39 is 0 Å². The number of aromatic nitrogens is 2. The first kappa shape index (κ1) is 13.0. The zero-order chi connectivity index (χ0) is 14.3. The highest BCUT2D eigenvalue weighted by atomic mass is 35.5. The molecule has 0 bridgehead atoms. The number of benzene rings is 1. The standard InChI is InChI=1S/C15H14ClN3O/c1-9-2-3-11(16)7-12(9)14-15(17)19-5-4-10(8-20)6-13(19)18-14/h2-7,20H,8,17H2,1H3. The minimum absolute atomic E-state index is 0.0191. The van der Waals surface area contributed by atoms with Crippen molar-refractivity contribution in [1.29, 1.82) is 0 Å². The van der Waals surface area contributed by atoms with Gasteiger partial charge in [0.25, 0.3) is 0 Å². The average Bonchev–Trinajstić information content (AvgIpc) is 2.78. The third-order valence-corrected chi connectivity index (χ3v) is 3.60. The van der Waals surface area contributed by atoms with Crippen LogP contribution < -0.4 is 5.73 Å². The van der Waals surface area contributed by atoms with Gasteiger partial charge < -0.3 is 10.8 Å². The van der Waals surface area contributed by atoms with Gasteiger partial charge in [0.2, 0.25) is 0 Å². The maximum absolute atomic E-state index is 9.18. The Morgan fingerprint density at radius 2 is 2.10 bits per heavy atom. The van der Waals surface area contributed by atoms with Crippen LogP contribution in [0.15, 0.2) is 36.5 Å². The van der Waals surface area contributed by atoms with Crippen LogP contribution in [0, 0.1) is 6.92 Å². The largest absolute Gasteiger partial charge is 0.392 e. The first-order valence-electron chi connectivity index (χ1n) is 6.24. The molecule has 3 rings (SSSR count). The summed E-state index contributed by atoms with van der Waals surface area (Å²) in [5.41, 5.74) is 10.4. The molecule has 0 fully saturated rings. The molecule has 0 aliphatic heterocycles. The average molecular weight is 288 g/mol. The van der Waals surface area contributed by atoms with E-state index in [9.17, 15) is 5.11 Å². The number of halogens is 1. The van der Waals surface area contributed by atoms with Gasteiger partial charge in [0.15, 0.2) is 0 Å². The van der Waals surface area contributed by atoms with Gasteiger partial charge in [-0.25, -0.2) is 4.98 Å². The molecule has 0 amide bonds.